The van der Waals surface area contributed by atoms with Gasteiger partial charge in [-0.15, -0.1) is 0 Å². The number of benzene rings is 1. The van der Waals surface area contributed by atoms with Crippen LogP contribution in [0.5, 0.6) is 5.88 Å². The number of nitrogens with zero attached hydrogens (tertiary/aromatic N) is 4. The maximum Gasteiger partial charge on any atom is 0.410 e. The van der Waals surface area contributed by atoms with E-state index in [1.165, 1.54) is 6.07 Å². The summed E-state index contributed by atoms with van der Waals surface area (Å²) in [6.45, 7) is 6.00. The fraction of sp³-hybridized carbons (Fsp3) is 0.421. The quantitative estimate of drug-likeness (QED) is 0.419. The van der Waals surface area contributed by atoms with E-state index in [2.05, 4.69) is 9.97 Å². The van der Waals surface area contributed by atoms with E-state index in [1.807, 2.05) is 0 Å². The van der Waals surface area contributed by atoms with Crippen molar-refractivity contribution in [2.24, 2.45) is 0 Å². The molecule has 0 unspecified atom stereocenters. The van der Waals surface area contributed by atoms with Crippen LogP contribution in [0.2, 0.25) is 5.28 Å². The number of nitro groups is 1. The number of halogens is 1. The highest BCUT2D eigenvalue weighted by molar-refractivity contribution is 6.28. The predicted octanol–water partition coefficient (Wildman–Crippen LogP) is 3.91. The molecule has 9 nitrogen and oxygen atoms in total. The van der Waals surface area contributed by atoms with Gasteiger partial charge in [0.1, 0.15) is 12.2 Å². The fourth-order valence-corrected chi connectivity index (χ4v) is 3.10. The summed E-state index contributed by atoms with van der Waals surface area (Å²) in [5.41, 5.74) is 1.09. The van der Waals surface area contributed by atoms with Crippen LogP contribution in [0.25, 0.3) is 0 Å². The van der Waals surface area contributed by atoms with Gasteiger partial charge in [0.05, 0.1) is 22.7 Å². The lowest BCUT2D eigenvalue weighted by atomic mass is 10.1. The van der Waals surface area contributed by atoms with E-state index >= 15 is 0 Å². The smallest absolute Gasteiger partial charge is 0.410 e. The van der Waals surface area contributed by atoms with Gasteiger partial charge in [0.25, 0.3) is 5.69 Å². The second-order valence-electron chi connectivity index (χ2n) is 7.55. The van der Waals surface area contributed by atoms with E-state index in [0.29, 0.717) is 24.2 Å². The molecule has 1 amide bonds. The SMILES string of the molecule is CC(C)(C)OC(=O)N1CCc2c(nc(Cl)nc2OCc2ccccc2[N+](=O)[O-])C1. The van der Waals surface area contributed by atoms with E-state index in [1.54, 1.807) is 43.9 Å². The molecule has 29 heavy (non-hydrogen) atoms. The van der Waals surface area contributed by atoms with Gasteiger partial charge in [0.15, 0.2) is 0 Å². The Labute approximate surface area is 172 Å². The summed E-state index contributed by atoms with van der Waals surface area (Å²) in [6, 6.07) is 6.33. The molecule has 0 fully saturated rings. The van der Waals surface area contributed by atoms with Gasteiger partial charge in [-0.1, -0.05) is 12.1 Å². The van der Waals surface area contributed by atoms with Crippen molar-refractivity contribution in [3.8, 4) is 5.88 Å². The highest BCUT2D eigenvalue weighted by Crippen LogP contribution is 2.29. The Morgan fingerprint density at radius 3 is 2.72 bits per heavy atom. The maximum absolute atomic E-state index is 12.3. The molecule has 3 rings (SSSR count). The molecule has 2 heterocycles. The third kappa shape index (κ3) is 5.11. The third-order valence-electron chi connectivity index (χ3n) is 4.20. The van der Waals surface area contributed by atoms with Crippen LogP contribution in [0.15, 0.2) is 24.3 Å². The second-order valence-corrected chi connectivity index (χ2v) is 7.89. The zero-order valence-corrected chi connectivity index (χ0v) is 17.1. The molecular weight excluding hydrogens is 400 g/mol. The minimum absolute atomic E-state index is 0.0210. The summed E-state index contributed by atoms with van der Waals surface area (Å²) in [5, 5.41) is 11.2. The Bertz CT molecular complexity index is 945. The standard InChI is InChI=1S/C19H21ClN4O5/c1-19(2,3)29-18(25)23-9-8-13-14(10-23)21-17(20)22-16(13)28-11-12-6-4-5-7-15(12)24(26)27/h4-7H,8-11H2,1-3H3. The van der Waals surface area contributed by atoms with E-state index in [-0.39, 0.29) is 30.0 Å². The molecule has 0 bridgehead atoms. The number of hydrogen-bond acceptors (Lipinski definition) is 7. The van der Waals surface area contributed by atoms with Gasteiger partial charge in [-0.3, -0.25) is 10.1 Å². The monoisotopic (exact) mass is 420 g/mol. The summed E-state index contributed by atoms with van der Waals surface area (Å²) >= 11 is 6.03. The Balaban J connectivity index is 1.79. The van der Waals surface area contributed by atoms with Gasteiger partial charge in [-0.2, -0.15) is 4.98 Å². The number of ether oxygens (including phenoxy) is 2. The molecule has 2 aromatic rings. The molecule has 0 radical (unpaired) electrons. The number of amides is 1. The van der Waals surface area contributed by atoms with Crippen molar-refractivity contribution < 1.29 is 19.2 Å². The first-order valence-corrected chi connectivity index (χ1v) is 9.40. The Kier molecular flexibility index (Phi) is 5.88. The maximum atomic E-state index is 12.3. The van der Waals surface area contributed by atoms with Gasteiger partial charge in [0.2, 0.25) is 11.2 Å². The average Bonchev–Trinajstić information content (AvgIpc) is 2.64. The van der Waals surface area contributed by atoms with Crippen molar-refractivity contribution in [1.29, 1.82) is 0 Å². The zero-order chi connectivity index (χ0) is 21.2. The largest absolute Gasteiger partial charge is 0.472 e. The minimum Gasteiger partial charge on any atom is -0.472 e. The number of rotatable bonds is 4. The summed E-state index contributed by atoms with van der Waals surface area (Å²) in [6.07, 6.45) is 0.0260. The number of fused-ring (bicyclic) bond motifs is 1. The van der Waals surface area contributed by atoms with Crippen molar-refractivity contribution in [1.82, 2.24) is 14.9 Å². The van der Waals surface area contributed by atoms with Crippen LogP contribution < -0.4 is 4.74 Å². The van der Waals surface area contributed by atoms with Crippen LogP contribution >= 0.6 is 11.6 Å². The summed E-state index contributed by atoms with van der Waals surface area (Å²) in [5.74, 6) is 0.266. The number of aromatic nitrogens is 2. The van der Waals surface area contributed by atoms with Crippen LogP contribution in [0.4, 0.5) is 10.5 Å². The topological polar surface area (TPSA) is 108 Å². The van der Waals surface area contributed by atoms with E-state index in [0.717, 1.165) is 5.56 Å². The van der Waals surface area contributed by atoms with Crippen LogP contribution in [-0.4, -0.2) is 38.0 Å². The lowest BCUT2D eigenvalue weighted by Gasteiger charge is -2.31. The first-order chi connectivity index (χ1) is 13.6. The molecule has 0 saturated carbocycles. The van der Waals surface area contributed by atoms with Crippen molar-refractivity contribution >= 4 is 23.4 Å². The molecule has 1 aliphatic rings. The molecule has 1 aromatic heterocycles. The summed E-state index contributed by atoms with van der Waals surface area (Å²) in [4.78, 5) is 33.0. The highest BCUT2D eigenvalue weighted by atomic mass is 35.5. The van der Waals surface area contributed by atoms with Crippen molar-refractivity contribution in [2.45, 2.75) is 45.9 Å². The Morgan fingerprint density at radius 2 is 2.03 bits per heavy atom. The lowest BCUT2D eigenvalue weighted by Crippen LogP contribution is -2.40. The molecular formula is C19H21ClN4O5. The van der Waals surface area contributed by atoms with Crippen molar-refractivity contribution in [2.75, 3.05) is 6.54 Å². The molecule has 0 saturated heterocycles. The third-order valence-corrected chi connectivity index (χ3v) is 4.37. The van der Waals surface area contributed by atoms with Crippen molar-refractivity contribution in [3.63, 3.8) is 0 Å². The first-order valence-electron chi connectivity index (χ1n) is 9.02. The summed E-state index contributed by atoms with van der Waals surface area (Å²) < 4.78 is 11.2. The minimum atomic E-state index is -0.598. The van der Waals surface area contributed by atoms with Gasteiger partial charge in [0, 0.05) is 18.2 Å². The molecule has 0 spiro atoms. The molecule has 1 aromatic carbocycles. The van der Waals surface area contributed by atoms with Gasteiger partial charge >= 0.3 is 6.09 Å². The van der Waals surface area contributed by atoms with Crippen LogP contribution in [0.1, 0.15) is 37.6 Å². The van der Waals surface area contributed by atoms with Crippen LogP contribution in [0, 0.1) is 10.1 Å². The highest BCUT2D eigenvalue weighted by Gasteiger charge is 2.29. The normalized spacial score (nSPS) is 13.6. The first kappa shape index (κ1) is 20.8. The van der Waals surface area contributed by atoms with E-state index < -0.39 is 16.6 Å². The van der Waals surface area contributed by atoms with E-state index in [9.17, 15) is 14.9 Å². The Hall–Kier alpha value is -2.94. The molecule has 154 valence electrons. The number of nitro benzene ring substituents is 1. The van der Waals surface area contributed by atoms with Gasteiger partial charge in [-0.05, 0) is 44.9 Å². The molecule has 1 aliphatic heterocycles. The molecule has 0 aliphatic carbocycles. The average molecular weight is 421 g/mol. The predicted molar refractivity (Wildman–Crippen MR) is 105 cm³/mol. The number of carbonyl (C=O) groups excluding carboxylic acids is 1. The van der Waals surface area contributed by atoms with Crippen LogP contribution in [-0.2, 0) is 24.3 Å². The van der Waals surface area contributed by atoms with E-state index in [4.69, 9.17) is 21.1 Å². The Morgan fingerprint density at radius 1 is 1.31 bits per heavy atom. The molecule has 0 atom stereocenters. The number of para-hydroxylation sites is 1. The van der Waals surface area contributed by atoms with Gasteiger partial charge in [-0.25, -0.2) is 9.78 Å². The van der Waals surface area contributed by atoms with Gasteiger partial charge < -0.3 is 14.4 Å². The van der Waals surface area contributed by atoms with Crippen molar-refractivity contribution in [3.05, 3.63) is 56.5 Å². The lowest BCUT2D eigenvalue weighted by molar-refractivity contribution is -0.385. The molecule has 0 N–H and O–H groups in total. The zero-order valence-electron chi connectivity index (χ0n) is 16.3. The fourth-order valence-electron chi connectivity index (χ4n) is 2.93. The van der Waals surface area contributed by atoms with Crippen LogP contribution in [0.3, 0.4) is 0 Å². The number of carbonyl (C=O) groups is 1. The molecule has 10 heteroatoms. The summed E-state index contributed by atoms with van der Waals surface area (Å²) in [7, 11) is 0. The second kappa shape index (κ2) is 8.20. The number of hydrogen-bond donors (Lipinski definition) is 0.